The monoisotopic (exact) mass is 345 g/mol. The molecule has 0 fully saturated rings. The van der Waals surface area contributed by atoms with Crippen molar-refractivity contribution in [2.75, 3.05) is 10.6 Å². The molecule has 2 heterocycles. The molecule has 3 aromatic rings. The number of aromatic nitrogens is 3. The van der Waals surface area contributed by atoms with Gasteiger partial charge < -0.3 is 10.6 Å². The van der Waals surface area contributed by atoms with E-state index >= 15 is 0 Å². The fourth-order valence-corrected chi connectivity index (χ4v) is 2.39. The lowest BCUT2D eigenvalue weighted by Crippen LogP contribution is -2.04. The molecule has 0 aliphatic rings. The van der Waals surface area contributed by atoms with Crippen LogP contribution in [0.15, 0.2) is 55.0 Å². The molecule has 0 aliphatic heterocycles. The second-order valence-corrected chi connectivity index (χ2v) is 5.56. The van der Waals surface area contributed by atoms with Crippen molar-refractivity contribution in [3.05, 3.63) is 70.7 Å². The number of hydrogen-bond acceptors (Lipinski definition) is 5. The Morgan fingerprint density at radius 1 is 0.913 bits per heavy atom. The summed E-state index contributed by atoms with van der Waals surface area (Å²) in [4.78, 5) is 12.6. The Hall–Kier alpha value is -2.37. The molecule has 3 rings (SSSR count). The molecule has 0 saturated heterocycles. The third-order valence-electron chi connectivity index (χ3n) is 3.04. The average molecular weight is 346 g/mol. The number of benzene rings is 1. The van der Waals surface area contributed by atoms with Gasteiger partial charge in [-0.25, -0.2) is 9.97 Å². The van der Waals surface area contributed by atoms with Gasteiger partial charge in [-0.1, -0.05) is 29.3 Å². The number of hydrogen-bond donors (Lipinski definition) is 2. The standard InChI is InChI=1S/C16H13Cl2N5/c17-11-4-5-14(13(18)7-11)23-16-8-15(21-10-22-16)20-9-12-3-1-2-6-19-12/h1-8,10H,9H2,(H2,20,21,22,23). The molecular weight excluding hydrogens is 333 g/mol. The van der Waals surface area contributed by atoms with E-state index in [4.69, 9.17) is 23.2 Å². The summed E-state index contributed by atoms with van der Waals surface area (Å²) >= 11 is 12.0. The Labute approximate surface area is 143 Å². The topological polar surface area (TPSA) is 62.7 Å². The van der Waals surface area contributed by atoms with Gasteiger partial charge in [-0.05, 0) is 30.3 Å². The van der Waals surface area contributed by atoms with Gasteiger partial charge in [0, 0.05) is 17.3 Å². The highest BCUT2D eigenvalue weighted by atomic mass is 35.5. The van der Waals surface area contributed by atoms with E-state index in [9.17, 15) is 0 Å². The number of anilines is 3. The molecule has 0 atom stereocenters. The van der Waals surface area contributed by atoms with E-state index in [1.165, 1.54) is 6.33 Å². The van der Waals surface area contributed by atoms with Crippen LogP contribution in [-0.2, 0) is 6.54 Å². The predicted octanol–water partition coefficient (Wildman–Crippen LogP) is 4.53. The molecule has 0 amide bonds. The Morgan fingerprint density at radius 2 is 1.78 bits per heavy atom. The first-order chi connectivity index (χ1) is 11.2. The van der Waals surface area contributed by atoms with Gasteiger partial charge in [0.15, 0.2) is 0 Å². The van der Waals surface area contributed by atoms with Crippen LogP contribution in [0.3, 0.4) is 0 Å². The van der Waals surface area contributed by atoms with Crippen LogP contribution in [0.2, 0.25) is 10.0 Å². The maximum absolute atomic E-state index is 6.15. The highest BCUT2D eigenvalue weighted by molar-refractivity contribution is 6.36. The molecule has 0 spiro atoms. The zero-order chi connectivity index (χ0) is 16.1. The van der Waals surface area contributed by atoms with Crippen LogP contribution in [0.5, 0.6) is 0 Å². The van der Waals surface area contributed by atoms with E-state index in [1.54, 1.807) is 30.5 Å². The fourth-order valence-electron chi connectivity index (χ4n) is 1.93. The first-order valence-corrected chi connectivity index (χ1v) is 7.64. The Kier molecular flexibility index (Phi) is 4.90. The molecule has 0 aliphatic carbocycles. The maximum Gasteiger partial charge on any atom is 0.135 e. The van der Waals surface area contributed by atoms with Gasteiger partial charge in [-0.15, -0.1) is 0 Å². The summed E-state index contributed by atoms with van der Waals surface area (Å²) in [5, 5.41) is 7.45. The molecular formula is C16H13Cl2N5. The highest BCUT2D eigenvalue weighted by Crippen LogP contribution is 2.27. The summed E-state index contributed by atoms with van der Waals surface area (Å²) in [5.41, 5.74) is 1.66. The van der Waals surface area contributed by atoms with Gasteiger partial charge in [0.25, 0.3) is 0 Å². The van der Waals surface area contributed by atoms with Crippen LogP contribution in [0.4, 0.5) is 17.3 Å². The smallest absolute Gasteiger partial charge is 0.135 e. The lowest BCUT2D eigenvalue weighted by molar-refractivity contribution is 1.02. The summed E-state index contributed by atoms with van der Waals surface area (Å²) in [5.74, 6) is 1.32. The second-order valence-electron chi connectivity index (χ2n) is 4.71. The Bertz CT molecular complexity index is 795. The van der Waals surface area contributed by atoms with Crippen molar-refractivity contribution in [3.8, 4) is 0 Å². The van der Waals surface area contributed by atoms with Gasteiger partial charge in [-0.2, -0.15) is 0 Å². The third-order valence-corrected chi connectivity index (χ3v) is 3.59. The van der Waals surface area contributed by atoms with Crippen LogP contribution in [0.25, 0.3) is 0 Å². The molecule has 0 saturated carbocycles. The van der Waals surface area contributed by atoms with Crippen LogP contribution in [-0.4, -0.2) is 15.0 Å². The van der Waals surface area contributed by atoms with Crippen LogP contribution >= 0.6 is 23.2 Å². The van der Waals surface area contributed by atoms with E-state index in [1.807, 2.05) is 18.2 Å². The normalized spacial score (nSPS) is 10.3. The minimum atomic E-state index is 0.527. The van der Waals surface area contributed by atoms with Gasteiger partial charge in [-0.3, -0.25) is 4.98 Å². The molecule has 7 heteroatoms. The van der Waals surface area contributed by atoms with Crippen molar-refractivity contribution in [1.29, 1.82) is 0 Å². The van der Waals surface area contributed by atoms with Crippen molar-refractivity contribution >= 4 is 40.5 Å². The van der Waals surface area contributed by atoms with Crippen LogP contribution in [0, 0.1) is 0 Å². The number of pyridine rings is 1. The van der Waals surface area contributed by atoms with E-state index in [-0.39, 0.29) is 0 Å². The molecule has 0 unspecified atom stereocenters. The summed E-state index contributed by atoms with van der Waals surface area (Å²) in [6.07, 6.45) is 3.24. The highest BCUT2D eigenvalue weighted by Gasteiger charge is 2.04. The van der Waals surface area contributed by atoms with Gasteiger partial charge >= 0.3 is 0 Å². The van der Waals surface area contributed by atoms with Gasteiger partial charge in [0.05, 0.1) is 22.9 Å². The summed E-state index contributed by atoms with van der Waals surface area (Å²) in [6, 6.07) is 12.8. The first-order valence-electron chi connectivity index (χ1n) is 6.88. The Balaban J connectivity index is 1.69. The van der Waals surface area contributed by atoms with E-state index in [0.717, 1.165) is 11.4 Å². The van der Waals surface area contributed by atoms with Gasteiger partial charge in [0.1, 0.15) is 18.0 Å². The van der Waals surface area contributed by atoms with Gasteiger partial charge in [0.2, 0.25) is 0 Å². The molecule has 23 heavy (non-hydrogen) atoms. The van der Waals surface area contributed by atoms with Crippen LogP contribution < -0.4 is 10.6 Å². The van der Waals surface area contributed by atoms with Crippen molar-refractivity contribution in [2.45, 2.75) is 6.54 Å². The second kappa shape index (κ2) is 7.26. The molecule has 2 N–H and O–H groups in total. The van der Waals surface area contributed by atoms with Crippen molar-refractivity contribution in [3.63, 3.8) is 0 Å². The number of nitrogens with zero attached hydrogens (tertiary/aromatic N) is 3. The number of halogens is 2. The summed E-state index contributed by atoms with van der Waals surface area (Å²) < 4.78 is 0. The molecule has 116 valence electrons. The largest absolute Gasteiger partial charge is 0.364 e. The molecule has 5 nitrogen and oxygen atoms in total. The van der Waals surface area contributed by atoms with E-state index in [2.05, 4.69) is 25.6 Å². The fraction of sp³-hybridized carbons (Fsp3) is 0.0625. The average Bonchev–Trinajstić information content (AvgIpc) is 2.57. The third kappa shape index (κ3) is 4.31. The predicted molar refractivity (Wildman–Crippen MR) is 93.3 cm³/mol. The number of nitrogens with one attached hydrogen (secondary N) is 2. The number of rotatable bonds is 5. The van der Waals surface area contributed by atoms with Crippen molar-refractivity contribution in [2.24, 2.45) is 0 Å². The molecule has 1 aromatic carbocycles. The minimum Gasteiger partial charge on any atom is -0.364 e. The first kappa shape index (κ1) is 15.5. The van der Waals surface area contributed by atoms with E-state index < -0.39 is 0 Å². The summed E-state index contributed by atoms with van der Waals surface area (Å²) in [7, 11) is 0. The Morgan fingerprint density at radius 3 is 2.57 bits per heavy atom. The van der Waals surface area contributed by atoms with Crippen molar-refractivity contribution < 1.29 is 0 Å². The lowest BCUT2D eigenvalue weighted by atomic mass is 10.3. The zero-order valence-electron chi connectivity index (χ0n) is 12.0. The quantitative estimate of drug-likeness (QED) is 0.710. The molecule has 2 aromatic heterocycles. The SMILES string of the molecule is Clc1ccc(Nc2cc(NCc3ccccn3)ncn2)c(Cl)c1. The summed E-state index contributed by atoms with van der Waals surface area (Å²) in [6.45, 7) is 0.582. The van der Waals surface area contributed by atoms with Crippen LogP contribution in [0.1, 0.15) is 5.69 Å². The zero-order valence-corrected chi connectivity index (χ0v) is 13.5. The molecule has 0 radical (unpaired) electrons. The van der Waals surface area contributed by atoms with E-state index in [0.29, 0.717) is 28.2 Å². The minimum absolute atomic E-state index is 0.527. The molecule has 0 bridgehead atoms. The maximum atomic E-state index is 6.15. The van der Waals surface area contributed by atoms with Crippen molar-refractivity contribution in [1.82, 2.24) is 15.0 Å². The lowest BCUT2D eigenvalue weighted by Gasteiger charge is -2.10.